The van der Waals surface area contributed by atoms with Crippen molar-refractivity contribution in [2.24, 2.45) is 0 Å². The fourth-order valence-corrected chi connectivity index (χ4v) is 0.427. The molecule has 72 valence electrons. The minimum atomic E-state index is -2.70. The van der Waals surface area contributed by atoms with Gasteiger partial charge in [-0.2, -0.15) is 13.2 Å². The molecule has 0 aromatic carbocycles. The van der Waals surface area contributed by atoms with Crippen LogP contribution in [0, 0.1) is 0 Å². The SMILES string of the molecule is FC(F)=C(F)OC(Cl)(Cl)C(Cl)Cl. The van der Waals surface area contributed by atoms with Crippen molar-refractivity contribution in [3.63, 3.8) is 0 Å². The lowest BCUT2D eigenvalue weighted by Gasteiger charge is -2.19. The third-order valence-electron chi connectivity index (χ3n) is 0.628. The quantitative estimate of drug-likeness (QED) is 0.553. The molecule has 0 aliphatic rings. The third kappa shape index (κ3) is 3.94. The van der Waals surface area contributed by atoms with Gasteiger partial charge in [-0.1, -0.05) is 46.4 Å². The van der Waals surface area contributed by atoms with E-state index >= 15 is 0 Å². The van der Waals surface area contributed by atoms with Crippen LogP contribution >= 0.6 is 46.4 Å². The normalized spacial score (nSPS) is 11.7. The molecule has 0 bridgehead atoms. The fourth-order valence-electron chi connectivity index (χ4n) is 0.203. The van der Waals surface area contributed by atoms with Crippen LogP contribution in [0.1, 0.15) is 0 Å². The summed E-state index contributed by atoms with van der Waals surface area (Å²) in [5, 5.41) is 0. The van der Waals surface area contributed by atoms with Crippen molar-refractivity contribution in [3.05, 3.63) is 12.1 Å². The van der Waals surface area contributed by atoms with Crippen molar-refractivity contribution in [3.8, 4) is 0 Å². The molecule has 0 aliphatic heterocycles. The van der Waals surface area contributed by atoms with Crippen LogP contribution < -0.4 is 0 Å². The molecular weight excluding hydrogens is 263 g/mol. The summed E-state index contributed by atoms with van der Waals surface area (Å²) in [6, 6.07) is -2.22. The van der Waals surface area contributed by atoms with Crippen LogP contribution in [-0.4, -0.2) is 9.36 Å². The molecule has 0 atom stereocenters. The number of rotatable bonds is 3. The molecule has 0 fully saturated rings. The Morgan fingerprint density at radius 3 is 1.83 bits per heavy atom. The first-order chi connectivity index (χ1) is 5.27. The van der Waals surface area contributed by atoms with Gasteiger partial charge < -0.3 is 4.74 Å². The van der Waals surface area contributed by atoms with Crippen molar-refractivity contribution in [2.75, 3.05) is 0 Å². The van der Waals surface area contributed by atoms with Gasteiger partial charge in [-0.25, -0.2) is 0 Å². The van der Waals surface area contributed by atoms with Gasteiger partial charge in [-0.05, 0) is 0 Å². The van der Waals surface area contributed by atoms with E-state index in [4.69, 9.17) is 46.4 Å². The maximum Gasteiger partial charge on any atom is 0.342 e. The smallest absolute Gasteiger partial charge is 0.342 e. The van der Waals surface area contributed by atoms with E-state index in [-0.39, 0.29) is 0 Å². The van der Waals surface area contributed by atoms with Crippen LogP contribution in [0.4, 0.5) is 13.2 Å². The molecule has 0 spiro atoms. The lowest BCUT2D eigenvalue weighted by atomic mass is 10.8. The zero-order valence-electron chi connectivity index (χ0n) is 5.13. The predicted molar refractivity (Wildman–Crippen MR) is 41.4 cm³/mol. The van der Waals surface area contributed by atoms with Gasteiger partial charge in [0.2, 0.25) is 0 Å². The van der Waals surface area contributed by atoms with Crippen molar-refractivity contribution >= 4 is 46.4 Å². The second-order valence-corrected chi connectivity index (χ2v) is 3.91. The van der Waals surface area contributed by atoms with Gasteiger partial charge in [0.25, 0.3) is 4.52 Å². The summed E-state index contributed by atoms with van der Waals surface area (Å²) in [4.78, 5) is -1.56. The predicted octanol–water partition coefficient (Wildman–Crippen LogP) is 3.97. The molecule has 0 saturated heterocycles. The molecule has 0 N–H and O–H groups in total. The van der Waals surface area contributed by atoms with Gasteiger partial charge >= 0.3 is 12.1 Å². The zero-order valence-corrected chi connectivity index (χ0v) is 8.16. The van der Waals surface area contributed by atoms with Crippen LogP contribution in [0.25, 0.3) is 0 Å². The summed E-state index contributed by atoms with van der Waals surface area (Å²) in [7, 11) is 0. The van der Waals surface area contributed by atoms with Gasteiger partial charge in [0.15, 0.2) is 4.84 Å². The van der Waals surface area contributed by atoms with Crippen LogP contribution in [0.5, 0.6) is 0 Å². The van der Waals surface area contributed by atoms with E-state index in [2.05, 4.69) is 4.74 Å². The number of halogens is 7. The van der Waals surface area contributed by atoms with Crippen LogP contribution in [0.2, 0.25) is 0 Å². The molecule has 0 rings (SSSR count). The molecular formula is C4HCl4F3O. The standard InChI is InChI=1S/C4HCl4F3O/c5-3(6)4(7,8)12-2(11)1(9)10/h3H. The second kappa shape index (κ2) is 4.65. The molecule has 1 nitrogen and oxygen atoms in total. The Bertz CT molecular complexity index is 189. The first-order valence-corrected chi connectivity index (χ1v) is 3.96. The van der Waals surface area contributed by atoms with Gasteiger partial charge in [0.05, 0.1) is 0 Å². The zero-order chi connectivity index (χ0) is 9.94. The minimum Gasteiger partial charge on any atom is -0.427 e. The van der Waals surface area contributed by atoms with Crippen molar-refractivity contribution in [2.45, 2.75) is 9.36 Å². The van der Waals surface area contributed by atoms with Gasteiger partial charge in [0, 0.05) is 0 Å². The second-order valence-electron chi connectivity index (χ2n) is 1.50. The summed E-state index contributed by atoms with van der Waals surface area (Å²) < 4.78 is 36.1. The number of ether oxygens (including phenoxy) is 1. The third-order valence-corrected chi connectivity index (χ3v) is 2.28. The first kappa shape index (κ1) is 12.5. The average molecular weight is 264 g/mol. The van der Waals surface area contributed by atoms with E-state index in [0.717, 1.165) is 0 Å². The van der Waals surface area contributed by atoms with E-state index < -0.39 is 21.4 Å². The highest BCUT2D eigenvalue weighted by Crippen LogP contribution is 2.36. The highest BCUT2D eigenvalue weighted by atomic mass is 35.5. The Hall–Kier alpha value is 0.490. The Kier molecular flexibility index (Phi) is 4.84. The molecule has 12 heavy (non-hydrogen) atoms. The minimum absolute atomic E-state index is 1.56. The Morgan fingerprint density at radius 1 is 1.17 bits per heavy atom. The topological polar surface area (TPSA) is 9.23 Å². The molecule has 0 aromatic rings. The summed E-state index contributed by atoms with van der Waals surface area (Å²) in [5.41, 5.74) is 0. The molecule has 8 heteroatoms. The molecule has 0 radical (unpaired) electrons. The highest BCUT2D eigenvalue weighted by Gasteiger charge is 2.36. The van der Waals surface area contributed by atoms with E-state index in [1.54, 1.807) is 0 Å². The maximum atomic E-state index is 12.0. The first-order valence-electron chi connectivity index (χ1n) is 2.33. The average Bonchev–Trinajstić information content (AvgIpc) is 1.85. The van der Waals surface area contributed by atoms with Crippen molar-refractivity contribution < 1.29 is 17.9 Å². The van der Waals surface area contributed by atoms with E-state index in [1.807, 2.05) is 0 Å². The summed E-state index contributed by atoms with van der Waals surface area (Å²) in [5.74, 6) is 0. The van der Waals surface area contributed by atoms with Crippen molar-refractivity contribution in [1.82, 2.24) is 0 Å². The molecule has 0 amide bonds. The molecule has 0 heterocycles. The van der Waals surface area contributed by atoms with Gasteiger partial charge in [-0.3, -0.25) is 0 Å². The monoisotopic (exact) mass is 262 g/mol. The largest absolute Gasteiger partial charge is 0.427 e. The Balaban J connectivity index is 4.36. The Morgan fingerprint density at radius 2 is 1.58 bits per heavy atom. The van der Waals surface area contributed by atoms with Gasteiger partial charge in [-0.15, -0.1) is 0 Å². The Labute approximate surface area is 86.0 Å². The number of alkyl halides is 4. The molecule has 0 unspecified atom stereocenters. The van der Waals surface area contributed by atoms with Gasteiger partial charge in [0.1, 0.15) is 0 Å². The summed E-state index contributed by atoms with van der Waals surface area (Å²) in [6.07, 6.45) is -2.70. The summed E-state index contributed by atoms with van der Waals surface area (Å²) >= 11 is 20.3. The molecule has 0 saturated carbocycles. The lowest BCUT2D eigenvalue weighted by Crippen LogP contribution is -2.25. The highest BCUT2D eigenvalue weighted by molar-refractivity contribution is 6.58. The summed E-state index contributed by atoms with van der Waals surface area (Å²) in [6.45, 7) is 0. The van der Waals surface area contributed by atoms with Crippen LogP contribution in [-0.2, 0) is 4.74 Å². The van der Waals surface area contributed by atoms with Crippen LogP contribution in [0.15, 0.2) is 12.1 Å². The van der Waals surface area contributed by atoms with Crippen molar-refractivity contribution in [1.29, 1.82) is 0 Å². The number of hydrogen-bond acceptors (Lipinski definition) is 1. The maximum absolute atomic E-state index is 12.0. The number of hydrogen-bond donors (Lipinski definition) is 0. The molecule has 0 aliphatic carbocycles. The van der Waals surface area contributed by atoms with E-state index in [1.165, 1.54) is 0 Å². The lowest BCUT2D eigenvalue weighted by molar-refractivity contribution is 0.0807. The van der Waals surface area contributed by atoms with E-state index in [0.29, 0.717) is 0 Å². The van der Waals surface area contributed by atoms with Crippen LogP contribution in [0.3, 0.4) is 0 Å². The molecule has 0 aromatic heterocycles. The fraction of sp³-hybridized carbons (Fsp3) is 0.500. The van der Waals surface area contributed by atoms with E-state index in [9.17, 15) is 13.2 Å².